The Kier molecular flexibility index (Phi) is 4.60. The molecule has 0 spiro atoms. The Labute approximate surface area is 107 Å². The predicted octanol–water partition coefficient (Wildman–Crippen LogP) is 0.971. The Hall–Kier alpha value is -1.96. The van der Waals surface area contributed by atoms with E-state index in [-0.39, 0.29) is 17.0 Å². The molecule has 4 N–H and O–H groups in total. The molecule has 0 radical (unpaired) electrons. The van der Waals surface area contributed by atoms with Gasteiger partial charge in [-0.2, -0.15) is 13.2 Å². The number of phenolic OH excluding ortho intramolecular Hbond substituents is 1. The summed E-state index contributed by atoms with van der Waals surface area (Å²) in [4.78, 5) is 12.3. The van der Waals surface area contributed by atoms with Crippen LogP contribution in [0.25, 0.3) is 0 Å². The monoisotopic (exact) mass is 278 g/mol. The Morgan fingerprint density at radius 1 is 1.37 bits per heavy atom. The van der Waals surface area contributed by atoms with Crippen molar-refractivity contribution in [2.75, 3.05) is 25.4 Å². The molecule has 1 rings (SSSR count). The molecule has 8 heteroatoms. The normalized spacial score (nSPS) is 11.4. The van der Waals surface area contributed by atoms with Gasteiger partial charge < -0.3 is 20.8 Å². The second-order valence-electron chi connectivity index (χ2n) is 3.84. The van der Waals surface area contributed by atoms with Crippen LogP contribution in [0.4, 0.5) is 18.9 Å². The van der Waals surface area contributed by atoms with Crippen LogP contribution in [0, 0.1) is 0 Å². The summed E-state index contributed by atoms with van der Waals surface area (Å²) >= 11 is 0. The summed E-state index contributed by atoms with van der Waals surface area (Å²) in [5.74, 6) is -1.28. The molecule has 0 aliphatic carbocycles. The van der Waals surface area contributed by atoms with Gasteiger partial charge in [0.15, 0.2) is 0 Å². The number of carbonyl (C=O) groups is 1. The third-order valence-corrected chi connectivity index (χ3v) is 2.29. The lowest BCUT2D eigenvalue weighted by atomic mass is 10.1. The number of nitrogen functional groups attached to an aromatic ring is 1. The number of benzene rings is 1. The van der Waals surface area contributed by atoms with Gasteiger partial charge in [0, 0.05) is 12.2 Å². The van der Waals surface area contributed by atoms with Crippen LogP contribution in [0.1, 0.15) is 10.4 Å². The first-order chi connectivity index (χ1) is 8.74. The molecule has 5 nitrogen and oxygen atoms in total. The fourth-order valence-electron chi connectivity index (χ4n) is 1.49. The lowest BCUT2D eigenvalue weighted by molar-refractivity contribution is -0.141. The molecule has 1 aromatic carbocycles. The van der Waals surface area contributed by atoms with Gasteiger partial charge in [0.1, 0.15) is 12.3 Å². The summed E-state index contributed by atoms with van der Waals surface area (Å²) in [5, 5.41) is 17.9. The summed E-state index contributed by atoms with van der Waals surface area (Å²) in [6.07, 6.45) is -4.59. The van der Waals surface area contributed by atoms with Crippen molar-refractivity contribution in [2.45, 2.75) is 6.18 Å². The minimum Gasteiger partial charge on any atom is -0.508 e. The van der Waals surface area contributed by atoms with Crippen LogP contribution < -0.4 is 5.73 Å². The maximum atomic E-state index is 12.3. The zero-order chi connectivity index (χ0) is 14.6. The number of carbonyl (C=O) groups excluding carboxylic acids is 1. The lowest BCUT2D eigenvalue weighted by Gasteiger charge is -2.23. The minimum atomic E-state index is -4.59. The molecule has 0 fully saturated rings. The van der Waals surface area contributed by atoms with Gasteiger partial charge in [-0.3, -0.25) is 4.79 Å². The Balaban J connectivity index is 3.02. The molecule has 0 saturated heterocycles. The van der Waals surface area contributed by atoms with Crippen LogP contribution in [-0.4, -0.2) is 46.9 Å². The molecule has 1 amide bonds. The van der Waals surface area contributed by atoms with E-state index in [0.717, 1.165) is 6.07 Å². The van der Waals surface area contributed by atoms with Crippen LogP contribution in [0.15, 0.2) is 18.2 Å². The molecule has 1 aromatic rings. The van der Waals surface area contributed by atoms with Gasteiger partial charge in [0.05, 0.1) is 12.2 Å². The molecule has 19 heavy (non-hydrogen) atoms. The molecular formula is C11H13F3N2O3. The van der Waals surface area contributed by atoms with E-state index in [0.29, 0.717) is 4.90 Å². The number of nitrogens with zero attached hydrogens (tertiary/aromatic N) is 1. The maximum absolute atomic E-state index is 12.3. The van der Waals surface area contributed by atoms with E-state index in [4.69, 9.17) is 10.8 Å². The molecule has 0 bridgehead atoms. The summed E-state index contributed by atoms with van der Waals surface area (Å²) < 4.78 is 37.0. The molecule has 0 aliphatic heterocycles. The number of nitrogens with two attached hydrogens (primary N) is 1. The van der Waals surface area contributed by atoms with E-state index in [9.17, 15) is 23.1 Å². The van der Waals surface area contributed by atoms with Crippen LogP contribution in [-0.2, 0) is 0 Å². The highest BCUT2D eigenvalue weighted by Crippen LogP contribution is 2.22. The van der Waals surface area contributed by atoms with Gasteiger partial charge in [-0.25, -0.2) is 0 Å². The van der Waals surface area contributed by atoms with Crippen molar-refractivity contribution in [3.05, 3.63) is 23.8 Å². The first-order valence-corrected chi connectivity index (χ1v) is 5.30. The Morgan fingerprint density at radius 2 is 2.00 bits per heavy atom. The van der Waals surface area contributed by atoms with Gasteiger partial charge in [0.25, 0.3) is 5.91 Å². The second kappa shape index (κ2) is 5.79. The Morgan fingerprint density at radius 3 is 2.53 bits per heavy atom. The van der Waals surface area contributed by atoms with E-state index in [1.165, 1.54) is 12.1 Å². The summed E-state index contributed by atoms with van der Waals surface area (Å²) in [6, 6.07) is 3.41. The second-order valence-corrected chi connectivity index (χ2v) is 3.84. The fourth-order valence-corrected chi connectivity index (χ4v) is 1.49. The first kappa shape index (κ1) is 15.1. The molecule has 0 aliphatic rings. The topological polar surface area (TPSA) is 86.8 Å². The smallest absolute Gasteiger partial charge is 0.406 e. The third kappa shape index (κ3) is 4.32. The number of halogens is 3. The number of phenols is 1. The SMILES string of the molecule is Nc1ccc(O)cc1C(=O)N(CCO)CC(F)(F)F. The highest BCUT2D eigenvalue weighted by Gasteiger charge is 2.33. The van der Waals surface area contributed by atoms with Crippen molar-refractivity contribution in [2.24, 2.45) is 0 Å². The number of rotatable bonds is 4. The number of amides is 1. The zero-order valence-electron chi connectivity index (χ0n) is 9.81. The zero-order valence-corrected chi connectivity index (χ0v) is 9.81. The molecule has 0 heterocycles. The van der Waals surface area contributed by atoms with Crippen molar-refractivity contribution < 1.29 is 28.2 Å². The van der Waals surface area contributed by atoms with E-state index < -0.39 is 31.8 Å². The number of hydrogen-bond donors (Lipinski definition) is 3. The highest BCUT2D eigenvalue weighted by molar-refractivity contribution is 5.99. The number of aromatic hydroxyl groups is 1. The third-order valence-electron chi connectivity index (χ3n) is 2.29. The van der Waals surface area contributed by atoms with Crippen LogP contribution in [0.2, 0.25) is 0 Å². The molecule has 0 saturated carbocycles. The fraction of sp³-hybridized carbons (Fsp3) is 0.364. The Bertz CT molecular complexity index is 463. The van der Waals surface area contributed by atoms with Gasteiger partial charge in [-0.1, -0.05) is 0 Å². The molecular weight excluding hydrogens is 265 g/mol. The van der Waals surface area contributed by atoms with E-state index in [1.807, 2.05) is 0 Å². The van der Waals surface area contributed by atoms with Crippen molar-refractivity contribution in [1.82, 2.24) is 4.90 Å². The van der Waals surface area contributed by atoms with E-state index in [2.05, 4.69) is 0 Å². The summed E-state index contributed by atoms with van der Waals surface area (Å²) in [6.45, 7) is -2.59. The maximum Gasteiger partial charge on any atom is 0.406 e. The van der Waals surface area contributed by atoms with Crippen molar-refractivity contribution in [1.29, 1.82) is 0 Å². The van der Waals surface area contributed by atoms with Crippen molar-refractivity contribution in [3.8, 4) is 5.75 Å². The van der Waals surface area contributed by atoms with Gasteiger partial charge in [-0.15, -0.1) is 0 Å². The number of aliphatic hydroxyl groups excluding tert-OH is 1. The first-order valence-electron chi connectivity index (χ1n) is 5.30. The average Bonchev–Trinajstić information content (AvgIpc) is 2.29. The molecule has 0 unspecified atom stereocenters. The summed E-state index contributed by atoms with van der Waals surface area (Å²) in [7, 11) is 0. The number of alkyl halides is 3. The number of anilines is 1. The standard InChI is InChI=1S/C11H13F3N2O3/c12-11(13,14)6-16(3-4-17)10(19)8-5-7(18)1-2-9(8)15/h1-2,5,17-18H,3-4,6,15H2. The van der Waals surface area contributed by atoms with Crippen molar-refractivity contribution >= 4 is 11.6 Å². The molecule has 0 aromatic heterocycles. The quantitative estimate of drug-likeness (QED) is 0.566. The van der Waals surface area contributed by atoms with Gasteiger partial charge in [0.2, 0.25) is 0 Å². The predicted molar refractivity (Wildman–Crippen MR) is 61.6 cm³/mol. The van der Waals surface area contributed by atoms with Crippen LogP contribution in [0.5, 0.6) is 5.75 Å². The highest BCUT2D eigenvalue weighted by atomic mass is 19.4. The van der Waals surface area contributed by atoms with E-state index >= 15 is 0 Å². The average molecular weight is 278 g/mol. The van der Waals surface area contributed by atoms with Gasteiger partial charge >= 0.3 is 6.18 Å². The van der Waals surface area contributed by atoms with E-state index in [1.54, 1.807) is 0 Å². The minimum absolute atomic E-state index is 0.0482. The number of hydrogen-bond acceptors (Lipinski definition) is 4. The van der Waals surface area contributed by atoms with Crippen LogP contribution in [0.3, 0.4) is 0 Å². The van der Waals surface area contributed by atoms with Gasteiger partial charge in [-0.05, 0) is 18.2 Å². The number of aliphatic hydroxyl groups is 1. The lowest BCUT2D eigenvalue weighted by Crippen LogP contribution is -2.40. The molecule has 0 atom stereocenters. The summed E-state index contributed by atoms with van der Waals surface area (Å²) in [5.41, 5.74) is 5.20. The van der Waals surface area contributed by atoms with Crippen LogP contribution >= 0.6 is 0 Å². The van der Waals surface area contributed by atoms with Crippen molar-refractivity contribution in [3.63, 3.8) is 0 Å². The molecule has 106 valence electrons. The largest absolute Gasteiger partial charge is 0.508 e.